The highest BCUT2D eigenvalue weighted by atomic mass is 79.9. The van der Waals surface area contributed by atoms with E-state index in [-0.39, 0.29) is 13.1 Å². The summed E-state index contributed by atoms with van der Waals surface area (Å²) in [6.45, 7) is 0.125. The van der Waals surface area contributed by atoms with Crippen LogP contribution in [0.25, 0.3) is 0 Å². The third-order valence-electron chi connectivity index (χ3n) is 1.73. The molecule has 0 saturated heterocycles. The first kappa shape index (κ1) is 12.2. The van der Waals surface area contributed by atoms with Crippen LogP contribution in [0.4, 0.5) is 11.6 Å². The summed E-state index contributed by atoms with van der Waals surface area (Å²) in [5.41, 5.74) is 2.38. The molecule has 0 amide bonds. The Morgan fingerprint density at radius 3 is 2.50 bits per heavy atom. The van der Waals surface area contributed by atoms with Gasteiger partial charge in [-0.25, -0.2) is 15.8 Å². The molecule has 0 aliphatic heterocycles. The van der Waals surface area contributed by atoms with Gasteiger partial charge in [0.15, 0.2) is 5.82 Å². The van der Waals surface area contributed by atoms with Crippen molar-refractivity contribution >= 4 is 27.6 Å². The third kappa shape index (κ3) is 2.57. The van der Waals surface area contributed by atoms with Gasteiger partial charge in [-0.15, -0.1) is 0 Å². The summed E-state index contributed by atoms with van der Waals surface area (Å²) in [6, 6.07) is 3.92. The summed E-state index contributed by atoms with van der Waals surface area (Å²) in [6.07, 6.45) is 1.30. The zero-order valence-electron chi connectivity index (χ0n) is 8.18. The molecular formula is C8H8BrN7. The first-order chi connectivity index (χ1) is 7.74. The van der Waals surface area contributed by atoms with Crippen molar-refractivity contribution < 1.29 is 0 Å². The molecule has 1 aromatic heterocycles. The number of nitrogens with zero attached hydrogens (tertiary/aromatic N) is 5. The Morgan fingerprint density at radius 1 is 1.38 bits per heavy atom. The van der Waals surface area contributed by atoms with Crippen molar-refractivity contribution in [2.24, 2.45) is 5.84 Å². The maximum absolute atomic E-state index is 8.64. The van der Waals surface area contributed by atoms with Crippen molar-refractivity contribution in [3.8, 4) is 12.1 Å². The molecule has 0 atom stereocenters. The van der Waals surface area contributed by atoms with E-state index in [1.54, 1.807) is 0 Å². The maximum Gasteiger partial charge on any atom is 0.159 e. The van der Waals surface area contributed by atoms with E-state index in [2.05, 4.69) is 31.3 Å². The Labute approximate surface area is 101 Å². The molecule has 0 aliphatic carbocycles. The number of nitrogens with one attached hydrogen (secondary N) is 1. The van der Waals surface area contributed by atoms with Gasteiger partial charge in [-0.3, -0.25) is 0 Å². The molecule has 16 heavy (non-hydrogen) atoms. The second-order valence-corrected chi connectivity index (χ2v) is 3.47. The molecule has 0 saturated carbocycles. The summed E-state index contributed by atoms with van der Waals surface area (Å²) in [5, 5.41) is 17.3. The normalized spacial score (nSPS) is 9.00. The first-order valence-electron chi connectivity index (χ1n) is 4.20. The minimum absolute atomic E-state index is 0.0627. The summed E-state index contributed by atoms with van der Waals surface area (Å²) >= 11 is 3.25. The van der Waals surface area contributed by atoms with E-state index in [4.69, 9.17) is 16.4 Å². The SMILES string of the molecule is N#CCN(CC#N)c1ncnc(NN)c1Br. The predicted molar refractivity (Wildman–Crippen MR) is 61.0 cm³/mol. The molecule has 1 aromatic rings. The molecule has 3 N–H and O–H groups in total. The minimum Gasteiger partial charge on any atom is -0.329 e. The van der Waals surface area contributed by atoms with E-state index in [0.717, 1.165) is 0 Å². The van der Waals surface area contributed by atoms with Crippen LogP contribution in [0, 0.1) is 22.7 Å². The quantitative estimate of drug-likeness (QED) is 0.466. The van der Waals surface area contributed by atoms with Crippen molar-refractivity contribution in [1.82, 2.24) is 9.97 Å². The van der Waals surface area contributed by atoms with Crippen molar-refractivity contribution in [3.05, 3.63) is 10.8 Å². The van der Waals surface area contributed by atoms with Crippen molar-refractivity contribution in [2.75, 3.05) is 23.4 Å². The predicted octanol–water partition coefficient (Wildman–Crippen LogP) is 0.378. The lowest BCUT2D eigenvalue weighted by Crippen LogP contribution is -2.26. The van der Waals surface area contributed by atoms with E-state index in [0.29, 0.717) is 16.1 Å². The number of hydrogen-bond donors (Lipinski definition) is 2. The topological polar surface area (TPSA) is 115 Å². The van der Waals surface area contributed by atoms with Gasteiger partial charge in [-0.2, -0.15) is 10.5 Å². The number of aromatic nitrogens is 2. The number of hydrazine groups is 1. The minimum atomic E-state index is 0.0627. The molecule has 0 bridgehead atoms. The lowest BCUT2D eigenvalue weighted by Gasteiger charge is -2.18. The van der Waals surface area contributed by atoms with E-state index in [9.17, 15) is 0 Å². The van der Waals surface area contributed by atoms with Crippen LogP contribution in [0.1, 0.15) is 0 Å². The largest absolute Gasteiger partial charge is 0.329 e. The standard InChI is InChI=1S/C8H8BrN7/c9-6-7(15-12)13-5-14-8(6)16(3-1-10)4-2-11/h5H,3-4,12H2,(H,13,14,15). The van der Waals surface area contributed by atoms with Crippen molar-refractivity contribution in [3.63, 3.8) is 0 Å². The van der Waals surface area contributed by atoms with E-state index >= 15 is 0 Å². The van der Waals surface area contributed by atoms with E-state index in [1.165, 1.54) is 11.2 Å². The van der Waals surface area contributed by atoms with Crippen molar-refractivity contribution in [2.45, 2.75) is 0 Å². The highest BCUT2D eigenvalue weighted by molar-refractivity contribution is 9.10. The van der Waals surface area contributed by atoms with Gasteiger partial charge >= 0.3 is 0 Å². The van der Waals surface area contributed by atoms with E-state index in [1.807, 2.05) is 12.1 Å². The number of nitriles is 2. The Bertz CT molecular complexity index is 431. The molecule has 1 rings (SSSR count). The molecular weight excluding hydrogens is 274 g/mol. The average molecular weight is 282 g/mol. The monoisotopic (exact) mass is 281 g/mol. The van der Waals surface area contributed by atoms with Gasteiger partial charge in [0.05, 0.1) is 12.1 Å². The Kier molecular flexibility index (Phi) is 4.45. The third-order valence-corrected chi connectivity index (χ3v) is 2.46. The van der Waals surface area contributed by atoms with Gasteiger partial charge in [-0.1, -0.05) is 0 Å². The Hall–Kier alpha value is -1.90. The zero-order chi connectivity index (χ0) is 12.0. The van der Waals surface area contributed by atoms with Crippen LogP contribution < -0.4 is 16.2 Å². The number of nitrogen functional groups attached to an aromatic ring is 1. The summed E-state index contributed by atoms with van der Waals surface area (Å²) in [5.74, 6) is 6.09. The molecule has 1 heterocycles. The molecule has 8 heteroatoms. The van der Waals surface area contributed by atoms with Crippen LogP contribution in [-0.4, -0.2) is 23.1 Å². The summed E-state index contributed by atoms with van der Waals surface area (Å²) in [7, 11) is 0. The number of anilines is 2. The highest BCUT2D eigenvalue weighted by Crippen LogP contribution is 2.28. The van der Waals surface area contributed by atoms with Gasteiger partial charge in [0.2, 0.25) is 0 Å². The highest BCUT2D eigenvalue weighted by Gasteiger charge is 2.14. The molecule has 7 nitrogen and oxygen atoms in total. The molecule has 0 aromatic carbocycles. The molecule has 0 unspecified atom stereocenters. The summed E-state index contributed by atoms with van der Waals surface area (Å²) in [4.78, 5) is 9.37. The Morgan fingerprint density at radius 2 is 2.00 bits per heavy atom. The fourth-order valence-corrected chi connectivity index (χ4v) is 1.63. The van der Waals surface area contributed by atoms with Gasteiger partial charge in [0.25, 0.3) is 0 Å². The number of rotatable bonds is 4. The van der Waals surface area contributed by atoms with Crippen molar-refractivity contribution in [1.29, 1.82) is 10.5 Å². The Balaban J connectivity index is 3.10. The molecule has 0 radical (unpaired) electrons. The van der Waals surface area contributed by atoms with Crippen LogP contribution >= 0.6 is 15.9 Å². The van der Waals surface area contributed by atoms with Crippen LogP contribution in [0.5, 0.6) is 0 Å². The van der Waals surface area contributed by atoms with Crippen LogP contribution in [0.2, 0.25) is 0 Å². The van der Waals surface area contributed by atoms with Gasteiger partial charge in [-0.05, 0) is 15.9 Å². The molecule has 0 spiro atoms. The van der Waals surface area contributed by atoms with Gasteiger partial charge in [0.1, 0.15) is 29.7 Å². The zero-order valence-corrected chi connectivity index (χ0v) is 9.77. The smallest absolute Gasteiger partial charge is 0.159 e. The lowest BCUT2D eigenvalue weighted by atomic mass is 10.4. The summed E-state index contributed by atoms with van der Waals surface area (Å²) < 4.78 is 0.517. The second kappa shape index (κ2) is 5.85. The fraction of sp³-hybridized carbons (Fsp3) is 0.250. The second-order valence-electron chi connectivity index (χ2n) is 2.68. The van der Waals surface area contributed by atoms with Gasteiger partial charge in [0, 0.05) is 0 Å². The number of halogens is 1. The molecule has 0 fully saturated rings. The number of hydrogen-bond acceptors (Lipinski definition) is 7. The molecule has 82 valence electrons. The molecule has 0 aliphatic rings. The van der Waals surface area contributed by atoms with Crippen LogP contribution in [0.3, 0.4) is 0 Å². The lowest BCUT2D eigenvalue weighted by molar-refractivity contribution is 0.919. The maximum atomic E-state index is 8.64. The van der Waals surface area contributed by atoms with Crippen LogP contribution in [-0.2, 0) is 0 Å². The van der Waals surface area contributed by atoms with Crippen LogP contribution in [0.15, 0.2) is 10.8 Å². The number of nitrogens with two attached hydrogens (primary N) is 1. The first-order valence-corrected chi connectivity index (χ1v) is 4.99. The van der Waals surface area contributed by atoms with E-state index < -0.39 is 0 Å². The van der Waals surface area contributed by atoms with Gasteiger partial charge < -0.3 is 10.3 Å². The fourth-order valence-electron chi connectivity index (χ4n) is 1.06. The average Bonchev–Trinajstić information content (AvgIpc) is 2.29.